The van der Waals surface area contributed by atoms with Crippen LogP contribution in [0.4, 0.5) is 0 Å². The summed E-state index contributed by atoms with van der Waals surface area (Å²) < 4.78 is 0. The second-order valence-electron chi connectivity index (χ2n) is 4.51. The van der Waals surface area contributed by atoms with Gasteiger partial charge in [-0.05, 0) is 42.7 Å². The average molecular weight is 258 g/mol. The van der Waals surface area contributed by atoms with Gasteiger partial charge in [0.1, 0.15) is 0 Å². The fourth-order valence-corrected chi connectivity index (χ4v) is 2.84. The van der Waals surface area contributed by atoms with E-state index in [4.69, 9.17) is 17.3 Å². The molecule has 0 aromatic heterocycles. The van der Waals surface area contributed by atoms with Crippen molar-refractivity contribution in [2.75, 3.05) is 5.75 Å². The van der Waals surface area contributed by atoms with Crippen molar-refractivity contribution in [1.29, 1.82) is 0 Å². The molecule has 0 saturated heterocycles. The van der Waals surface area contributed by atoms with Gasteiger partial charge in [-0.25, -0.2) is 0 Å². The molecule has 2 N–H and O–H groups in total. The lowest BCUT2D eigenvalue weighted by atomic mass is 10.1. The van der Waals surface area contributed by atoms with Gasteiger partial charge in [0.05, 0.1) is 5.02 Å². The first-order valence-corrected chi connectivity index (χ1v) is 7.05. The van der Waals surface area contributed by atoms with Crippen LogP contribution >= 0.6 is 23.4 Å². The zero-order valence-electron chi connectivity index (χ0n) is 10.2. The van der Waals surface area contributed by atoms with Crippen LogP contribution in [0.25, 0.3) is 0 Å². The molecule has 1 aromatic rings. The van der Waals surface area contributed by atoms with Crippen molar-refractivity contribution in [2.45, 2.75) is 38.1 Å². The largest absolute Gasteiger partial charge is 0.324 e. The monoisotopic (exact) mass is 257 g/mol. The van der Waals surface area contributed by atoms with E-state index in [9.17, 15) is 0 Å². The molecule has 1 nitrogen and oxygen atoms in total. The first kappa shape index (κ1) is 13.9. The van der Waals surface area contributed by atoms with Crippen LogP contribution in [0.5, 0.6) is 0 Å². The van der Waals surface area contributed by atoms with Gasteiger partial charge >= 0.3 is 0 Å². The second kappa shape index (κ2) is 6.53. The maximum atomic E-state index is 6.21. The Morgan fingerprint density at radius 3 is 2.50 bits per heavy atom. The topological polar surface area (TPSA) is 26.0 Å². The number of thioether (sulfide) groups is 1. The van der Waals surface area contributed by atoms with Gasteiger partial charge in [0.25, 0.3) is 0 Å². The summed E-state index contributed by atoms with van der Waals surface area (Å²) in [6.45, 7) is 6.44. The Morgan fingerprint density at radius 2 is 2.00 bits per heavy atom. The minimum atomic E-state index is 0.0483. The van der Waals surface area contributed by atoms with Crippen molar-refractivity contribution >= 4 is 23.4 Å². The molecule has 0 bridgehead atoms. The van der Waals surface area contributed by atoms with Gasteiger partial charge in [0.2, 0.25) is 0 Å². The van der Waals surface area contributed by atoms with Crippen LogP contribution in [0.2, 0.25) is 5.02 Å². The summed E-state index contributed by atoms with van der Waals surface area (Å²) in [7, 11) is 0. The molecule has 0 amide bonds. The van der Waals surface area contributed by atoms with Crippen LogP contribution in [-0.2, 0) is 0 Å². The summed E-state index contributed by atoms with van der Waals surface area (Å²) in [5.41, 5.74) is 6.90. The molecule has 3 heteroatoms. The van der Waals surface area contributed by atoms with Crippen LogP contribution in [0.3, 0.4) is 0 Å². The molecule has 0 heterocycles. The van der Waals surface area contributed by atoms with E-state index in [1.165, 1.54) is 6.42 Å². The van der Waals surface area contributed by atoms with E-state index >= 15 is 0 Å². The highest BCUT2D eigenvalue weighted by Gasteiger charge is 2.05. The zero-order chi connectivity index (χ0) is 12.1. The highest BCUT2D eigenvalue weighted by Crippen LogP contribution is 2.30. The number of halogens is 1. The van der Waals surface area contributed by atoms with Crippen LogP contribution in [0, 0.1) is 5.92 Å². The molecular formula is C13H20ClNS. The van der Waals surface area contributed by atoms with E-state index in [0.717, 1.165) is 27.2 Å². The molecule has 0 aliphatic heterocycles. The number of hydrogen-bond donors (Lipinski definition) is 1. The summed E-state index contributed by atoms with van der Waals surface area (Å²) in [6, 6.07) is 6.16. The van der Waals surface area contributed by atoms with Crippen LogP contribution in [-0.4, -0.2) is 5.75 Å². The Morgan fingerprint density at radius 1 is 1.31 bits per heavy atom. The number of rotatable bonds is 5. The highest BCUT2D eigenvalue weighted by atomic mass is 35.5. The third kappa shape index (κ3) is 4.36. The van der Waals surface area contributed by atoms with Crippen molar-refractivity contribution in [3.8, 4) is 0 Å². The molecule has 0 spiro atoms. The Labute approximate surface area is 108 Å². The highest BCUT2D eigenvalue weighted by molar-refractivity contribution is 7.99. The molecule has 0 saturated carbocycles. The number of benzene rings is 1. The molecule has 1 atom stereocenters. The minimum absolute atomic E-state index is 0.0483. The van der Waals surface area contributed by atoms with E-state index in [2.05, 4.69) is 26.0 Å². The van der Waals surface area contributed by atoms with Crippen molar-refractivity contribution in [2.24, 2.45) is 11.7 Å². The summed E-state index contributed by atoms with van der Waals surface area (Å²) in [4.78, 5) is 1.16. The SMILES string of the molecule is CC(C)CCSc1ccc([C@@H](C)N)cc1Cl. The first-order chi connectivity index (χ1) is 7.50. The molecule has 1 rings (SSSR count). The Bertz CT molecular complexity index is 337. The van der Waals surface area contributed by atoms with Gasteiger partial charge in [-0.15, -0.1) is 11.8 Å². The number of nitrogens with two attached hydrogens (primary N) is 1. The lowest BCUT2D eigenvalue weighted by Gasteiger charge is -2.10. The Kier molecular flexibility index (Phi) is 5.67. The van der Waals surface area contributed by atoms with Gasteiger partial charge in [0.15, 0.2) is 0 Å². The summed E-state index contributed by atoms with van der Waals surface area (Å²) >= 11 is 8.04. The lowest BCUT2D eigenvalue weighted by Crippen LogP contribution is -2.04. The van der Waals surface area contributed by atoms with Crippen LogP contribution < -0.4 is 5.73 Å². The maximum absolute atomic E-state index is 6.21. The molecule has 1 aromatic carbocycles. The van der Waals surface area contributed by atoms with Crippen molar-refractivity contribution in [1.82, 2.24) is 0 Å². The van der Waals surface area contributed by atoms with Crippen molar-refractivity contribution in [3.63, 3.8) is 0 Å². The smallest absolute Gasteiger partial charge is 0.0545 e. The van der Waals surface area contributed by atoms with Crippen LogP contribution in [0.15, 0.2) is 23.1 Å². The molecule has 90 valence electrons. The van der Waals surface area contributed by atoms with Gasteiger partial charge in [-0.3, -0.25) is 0 Å². The van der Waals surface area contributed by atoms with E-state index in [1.807, 2.05) is 24.8 Å². The normalized spacial score (nSPS) is 13.1. The van der Waals surface area contributed by atoms with Crippen molar-refractivity contribution < 1.29 is 0 Å². The fraction of sp³-hybridized carbons (Fsp3) is 0.538. The molecule has 0 aliphatic carbocycles. The summed E-state index contributed by atoms with van der Waals surface area (Å²) in [5.74, 6) is 1.86. The van der Waals surface area contributed by atoms with Gasteiger partial charge < -0.3 is 5.73 Å². The zero-order valence-corrected chi connectivity index (χ0v) is 11.7. The van der Waals surface area contributed by atoms with Crippen LogP contribution in [0.1, 0.15) is 38.8 Å². The molecule has 0 aliphatic rings. The molecule has 0 fully saturated rings. The Balaban J connectivity index is 2.61. The Hall–Kier alpha value is -0.180. The molecule has 0 radical (unpaired) electrons. The third-order valence-corrected chi connectivity index (χ3v) is 3.97. The summed E-state index contributed by atoms with van der Waals surface area (Å²) in [5, 5.41) is 0.823. The van der Waals surface area contributed by atoms with Crippen molar-refractivity contribution in [3.05, 3.63) is 28.8 Å². The van der Waals surface area contributed by atoms with E-state index in [-0.39, 0.29) is 6.04 Å². The predicted molar refractivity (Wildman–Crippen MR) is 74.2 cm³/mol. The summed E-state index contributed by atoms with van der Waals surface area (Å²) in [6.07, 6.45) is 1.22. The van der Waals surface area contributed by atoms with E-state index in [1.54, 1.807) is 0 Å². The van der Waals surface area contributed by atoms with Gasteiger partial charge in [-0.1, -0.05) is 31.5 Å². The van der Waals surface area contributed by atoms with E-state index in [0.29, 0.717) is 0 Å². The average Bonchev–Trinajstić information content (AvgIpc) is 2.19. The standard InChI is InChI=1S/C13H20ClNS/c1-9(2)6-7-16-13-5-4-11(10(3)15)8-12(13)14/h4-5,8-10H,6-7,15H2,1-3H3/t10-/m1/s1. The van der Waals surface area contributed by atoms with E-state index < -0.39 is 0 Å². The maximum Gasteiger partial charge on any atom is 0.0545 e. The predicted octanol–water partition coefficient (Wildman–Crippen LogP) is 4.50. The van der Waals surface area contributed by atoms with Gasteiger partial charge in [0, 0.05) is 10.9 Å². The third-order valence-electron chi connectivity index (χ3n) is 2.43. The minimum Gasteiger partial charge on any atom is -0.324 e. The van der Waals surface area contributed by atoms with Gasteiger partial charge in [-0.2, -0.15) is 0 Å². The number of hydrogen-bond acceptors (Lipinski definition) is 2. The lowest BCUT2D eigenvalue weighted by molar-refractivity contribution is 0.632. The fourth-order valence-electron chi connectivity index (χ4n) is 1.32. The second-order valence-corrected chi connectivity index (χ2v) is 6.05. The quantitative estimate of drug-likeness (QED) is 0.786. The molecule has 16 heavy (non-hydrogen) atoms. The molecular weight excluding hydrogens is 238 g/mol. The first-order valence-electron chi connectivity index (χ1n) is 5.68. The molecule has 0 unspecified atom stereocenters.